The summed E-state index contributed by atoms with van der Waals surface area (Å²) in [5.74, 6) is -0.298. The first-order chi connectivity index (χ1) is 7.47. The van der Waals surface area contributed by atoms with E-state index >= 15 is 0 Å². The van der Waals surface area contributed by atoms with Gasteiger partial charge in [-0.1, -0.05) is 0 Å². The topological polar surface area (TPSA) is 62.7 Å². The van der Waals surface area contributed by atoms with Crippen molar-refractivity contribution in [2.45, 2.75) is 51.7 Å². The molecule has 92 valence electrons. The molecular formula is C11H21N3O2. The lowest BCUT2D eigenvalue weighted by atomic mass is 9.94. The van der Waals surface area contributed by atoms with E-state index in [9.17, 15) is 4.79 Å². The fourth-order valence-electron chi connectivity index (χ4n) is 1.25. The van der Waals surface area contributed by atoms with E-state index in [2.05, 4.69) is 15.8 Å². The van der Waals surface area contributed by atoms with Gasteiger partial charge in [-0.3, -0.25) is 10.2 Å². The van der Waals surface area contributed by atoms with Crippen molar-refractivity contribution in [3.8, 4) is 0 Å². The molecule has 0 aromatic carbocycles. The predicted molar refractivity (Wildman–Crippen MR) is 63.1 cm³/mol. The zero-order chi connectivity index (χ0) is 12.0. The highest BCUT2D eigenvalue weighted by molar-refractivity contribution is 5.72. The van der Waals surface area contributed by atoms with Crippen LogP contribution in [0.4, 0.5) is 0 Å². The molecule has 2 N–H and O–H groups in total. The molecule has 16 heavy (non-hydrogen) atoms. The number of hydrogen-bond acceptors (Lipinski definition) is 4. The Balaban J connectivity index is 2.03. The number of esters is 1. The van der Waals surface area contributed by atoms with Crippen molar-refractivity contribution in [1.82, 2.24) is 10.7 Å². The standard InChI is InChI=1S/C11H21N3O2/c1-11(2,3)16-10(15)7-13-14-8-12-9-5-4-6-9/h8-9,13H,4-7H2,1-3H3,(H,12,14). The molecule has 1 rings (SSSR count). The first-order valence-corrected chi connectivity index (χ1v) is 5.70. The summed E-state index contributed by atoms with van der Waals surface area (Å²) in [6.07, 6.45) is 5.31. The van der Waals surface area contributed by atoms with E-state index in [4.69, 9.17) is 4.74 Å². The third-order valence-electron chi connectivity index (χ3n) is 2.21. The van der Waals surface area contributed by atoms with Gasteiger partial charge in [0.25, 0.3) is 0 Å². The molecule has 0 heterocycles. The van der Waals surface area contributed by atoms with Gasteiger partial charge in [-0.2, -0.15) is 5.10 Å². The zero-order valence-electron chi connectivity index (χ0n) is 10.2. The zero-order valence-corrected chi connectivity index (χ0v) is 10.2. The summed E-state index contributed by atoms with van der Waals surface area (Å²) < 4.78 is 5.10. The molecule has 0 aromatic heterocycles. The van der Waals surface area contributed by atoms with Crippen LogP contribution in [0.1, 0.15) is 40.0 Å². The number of carbonyl (C=O) groups excluding carboxylic acids is 1. The maximum atomic E-state index is 11.2. The second-order valence-corrected chi connectivity index (χ2v) is 4.97. The minimum absolute atomic E-state index is 0.0973. The molecule has 0 spiro atoms. The molecule has 5 heteroatoms. The Morgan fingerprint density at radius 3 is 2.69 bits per heavy atom. The summed E-state index contributed by atoms with van der Waals surface area (Å²) in [6, 6.07) is 0.562. The second kappa shape index (κ2) is 5.72. The molecule has 0 unspecified atom stereocenters. The predicted octanol–water partition coefficient (Wildman–Crippen LogP) is 1.00. The van der Waals surface area contributed by atoms with Crippen LogP contribution >= 0.6 is 0 Å². The minimum atomic E-state index is -0.438. The van der Waals surface area contributed by atoms with Crippen LogP contribution in [-0.4, -0.2) is 30.5 Å². The monoisotopic (exact) mass is 227 g/mol. The largest absolute Gasteiger partial charge is 0.459 e. The van der Waals surface area contributed by atoms with E-state index in [0.717, 1.165) is 0 Å². The summed E-state index contributed by atoms with van der Waals surface area (Å²) in [5.41, 5.74) is 2.21. The number of carbonyl (C=O) groups is 1. The smallest absolute Gasteiger partial charge is 0.327 e. The molecule has 1 aliphatic carbocycles. The number of hydrogen-bond donors (Lipinski definition) is 2. The van der Waals surface area contributed by atoms with Crippen LogP contribution in [0.2, 0.25) is 0 Å². The Bertz CT molecular complexity index is 254. The van der Waals surface area contributed by atoms with Gasteiger partial charge in [-0.05, 0) is 40.0 Å². The van der Waals surface area contributed by atoms with Gasteiger partial charge in [-0.25, -0.2) is 0 Å². The SMILES string of the molecule is CC(C)(C)OC(=O)CN/N=C/NC1CCC1. The van der Waals surface area contributed by atoms with Crippen LogP contribution in [0.5, 0.6) is 0 Å². The van der Waals surface area contributed by atoms with Crippen molar-refractivity contribution in [2.75, 3.05) is 6.54 Å². The van der Waals surface area contributed by atoms with Crippen molar-refractivity contribution in [1.29, 1.82) is 0 Å². The number of ether oxygens (including phenoxy) is 1. The van der Waals surface area contributed by atoms with Gasteiger partial charge in [0, 0.05) is 6.04 Å². The molecule has 1 saturated carbocycles. The Morgan fingerprint density at radius 1 is 1.50 bits per heavy atom. The lowest BCUT2D eigenvalue weighted by Crippen LogP contribution is -2.35. The molecule has 0 atom stereocenters. The molecule has 0 amide bonds. The Hall–Kier alpha value is -1.26. The fourth-order valence-corrected chi connectivity index (χ4v) is 1.25. The maximum Gasteiger partial charge on any atom is 0.327 e. The molecule has 1 aliphatic rings. The molecule has 0 bridgehead atoms. The second-order valence-electron chi connectivity index (χ2n) is 4.97. The highest BCUT2D eigenvalue weighted by Crippen LogP contribution is 2.16. The highest BCUT2D eigenvalue weighted by atomic mass is 16.6. The van der Waals surface area contributed by atoms with Crippen LogP contribution in [-0.2, 0) is 9.53 Å². The van der Waals surface area contributed by atoms with Gasteiger partial charge in [0.2, 0.25) is 0 Å². The van der Waals surface area contributed by atoms with Gasteiger partial charge in [0.15, 0.2) is 0 Å². The van der Waals surface area contributed by atoms with E-state index in [1.165, 1.54) is 19.3 Å². The van der Waals surface area contributed by atoms with Gasteiger partial charge >= 0.3 is 5.97 Å². The first-order valence-electron chi connectivity index (χ1n) is 5.70. The van der Waals surface area contributed by atoms with Crippen molar-refractivity contribution >= 4 is 12.3 Å². The third kappa shape index (κ3) is 5.58. The molecule has 0 saturated heterocycles. The highest BCUT2D eigenvalue weighted by Gasteiger charge is 2.16. The molecule has 0 aromatic rings. The maximum absolute atomic E-state index is 11.2. The van der Waals surface area contributed by atoms with E-state index in [0.29, 0.717) is 6.04 Å². The Labute approximate surface area is 96.6 Å². The lowest BCUT2D eigenvalue weighted by molar-refractivity contribution is -0.153. The first kappa shape index (κ1) is 12.8. The van der Waals surface area contributed by atoms with Crippen LogP contribution in [0.25, 0.3) is 0 Å². The van der Waals surface area contributed by atoms with Gasteiger partial charge < -0.3 is 10.1 Å². The van der Waals surface area contributed by atoms with Crippen molar-refractivity contribution < 1.29 is 9.53 Å². The summed E-state index contributed by atoms with van der Waals surface area (Å²) in [7, 11) is 0. The van der Waals surface area contributed by atoms with E-state index in [-0.39, 0.29) is 12.5 Å². The lowest BCUT2D eigenvalue weighted by Gasteiger charge is -2.24. The number of rotatable bonds is 5. The van der Waals surface area contributed by atoms with Gasteiger partial charge in [0.1, 0.15) is 18.5 Å². The average Bonchev–Trinajstić information content (AvgIpc) is 2.04. The summed E-state index contributed by atoms with van der Waals surface area (Å²) >= 11 is 0. The van der Waals surface area contributed by atoms with E-state index in [1.54, 1.807) is 6.34 Å². The average molecular weight is 227 g/mol. The Kier molecular flexibility index (Phi) is 4.58. The number of hydrazone groups is 1. The quantitative estimate of drug-likeness (QED) is 0.318. The van der Waals surface area contributed by atoms with Gasteiger partial charge in [-0.15, -0.1) is 0 Å². The normalized spacial score (nSPS) is 16.9. The van der Waals surface area contributed by atoms with Crippen LogP contribution < -0.4 is 10.7 Å². The van der Waals surface area contributed by atoms with Crippen molar-refractivity contribution in [3.05, 3.63) is 0 Å². The molecule has 0 aliphatic heterocycles. The van der Waals surface area contributed by atoms with E-state index < -0.39 is 5.60 Å². The third-order valence-corrected chi connectivity index (χ3v) is 2.21. The summed E-state index contributed by atoms with van der Waals surface area (Å²) in [6.45, 7) is 5.62. The van der Waals surface area contributed by atoms with E-state index in [1.807, 2.05) is 20.8 Å². The van der Waals surface area contributed by atoms with Crippen LogP contribution in [0.3, 0.4) is 0 Å². The fraction of sp³-hybridized carbons (Fsp3) is 0.818. The van der Waals surface area contributed by atoms with Gasteiger partial charge in [0.05, 0.1) is 0 Å². The minimum Gasteiger partial charge on any atom is -0.459 e. The molecular weight excluding hydrogens is 206 g/mol. The number of nitrogens with one attached hydrogen (secondary N) is 2. The summed E-state index contributed by atoms with van der Waals surface area (Å²) in [5, 5.41) is 7.01. The summed E-state index contributed by atoms with van der Waals surface area (Å²) in [4.78, 5) is 11.2. The number of nitrogens with zero attached hydrogens (tertiary/aromatic N) is 1. The van der Waals surface area contributed by atoms with Crippen molar-refractivity contribution in [2.24, 2.45) is 5.10 Å². The molecule has 5 nitrogen and oxygen atoms in total. The van der Waals surface area contributed by atoms with Crippen LogP contribution in [0, 0.1) is 0 Å². The van der Waals surface area contributed by atoms with Crippen molar-refractivity contribution in [3.63, 3.8) is 0 Å². The molecule has 0 radical (unpaired) electrons. The Morgan fingerprint density at radius 2 is 2.19 bits per heavy atom. The van der Waals surface area contributed by atoms with Crippen LogP contribution in [0.15, 0.2) is 5.10 Å². The molecule has 1 fully saturated rings.